The number of rotatable bonds is 5. The lowest BCUT2D eigenvalue weighted by Crippen LogP contribution is -2.22. The summed E-state index contributed by atoms with van der Waals surface area (Å²) in [5, 5.41) is 8.66. The third-order valence-electron chi connectivity index (χ3n) is 3.49. The van der Waals surface area contributed by atoms with Gasteiger partial charge in [-0.1, -0.05) is 32.0 Å². The zero-order valence-corrected chi connectivity index (χ0v) is 12.9. The minimum atomic E-state index is 0.500. The summed E-state index contributed by atoms with van der Waals surface area (Å²) in [4.78, 5) is 1.44. The van der Waals surface area contributed by atoms with Crippen molar-refractivity contribution in [3.63, 3.8) is 0 Å². The van der Waals surface area contributed by atoms with Crippen molar-refractivity contribution in [2.75, 3.05) is 0 Å². The van der Waals surface area contributed by atoms with Gasteiger partial charge in [0.05, 0.1) is 12.2 Å². The lowest BCUT2D eigenvalue weighted by molar-refractivity contribution is 0.553. The lowest BCUT2D eigenvalue weighted by Gasteiger charge is -2.08. The van der Waals surface area contributed by atoms with Crippen molar-refractivity contribution in [1.82, 2.24) is 15.1 Å². The summed E-state index contributed by atoms with van der Waals surface area (Å²) in [5.74, 6) is 0. The first kappa shape index (κ1) is 13.7. The van der Waals surface area contributed by atoms with Crippen LogP contribution in [0.3, 0.4) is 0 Å². The molecule has 2 aromatic rings. The number of nitrogens with one attached hydrogen (secondary N) is 1. The standard InChI is InChI=1S/C16H21N3S/c1-12(2)17-10-14-7-8-19(18-14)11-15-9-13-5-3-4-6-16(13)20-15/h3-8,12,15,17H,9-11H2,1-2H3. The van der Waals surface area contributed by atoms with Crippen LogP contribution in [0.15, 0.2) is 41.4 Å². The van der Waals surface area contributed by atoms with Crippen molar-refractivity contribution >= 4 is 11.8 Å². The van der Waals surface area contributed by atoms with Gasteiger partial charge in [0.15, 0.2) is 0 Å². The highest BCUT2D eigenvalue weighted by Gasteiger charge is 2.22. The molecule has 0 aliphatic carbocycles. The molecule has 2 heterocycles. The van der Waals surface area contributed by atoms with Gasteiger partial charge in [-0.3, -0.25) is 4.68 Å². The Balaban J connectivity index is 1.57. The number of aromatic nitrogens is 2. The van der Waals surface area contributed by atoms with Crippen LogP contribution in [0.1, 0.15) is 25.1 Å². The molecule has 0 amide bonds. The second kappa shape index (κ2) is 6.02. The highest BCUT2D eigenvalue weighted by atomic mass is 32.2. The quantitative estimate of drug-likeness (QED) is 0.916. The molecule has 3 rings (SSSR count). The molecule has 0 spiro atoms. The molecule has 1 N–H and O–H groups in total. The van der Waals surface area contributed by atoms with E-state index >= 15 is 0 Å². The Hall–Kier alpha value is -1.26. The fourth-order valence-electron chi connectivity index (χ4n) is 2.47. The average Bonchev–Trinajstić information content (AvgIpc) is 3.02. The van der Waals surface area contributed by atoms with Crippen LogP contribution in [0.4, 0.5) is 0 Å². The van der Waals surface area contributed by atoms with Crippen molar-refractivity contribution in [2.24, 2.45) is 0 Å². The van der Waals surface area contributed by atoms with Crippen LogP contribution in [0, 0.1) is 0 Å². The van der Waals surface area contributed by atoms with E-state index in [9.17, 15) is 0 Å². The summed E-state index contributed by atoms with van der Waals surface area (Å²) in [6.45, 7) is 6.15. The maximum atomic E-state index is 4.65. The molecule has 1 atom stereocenters. The number of fused-ring (bicyclic) bond motifs is 1. The van der Waals surface area contributed by atoms with E-state index < -0.39 is 0 Å². The Kier molecular flexibility index (Phi) is 4.13. The van der Waals surface area contributed by atoms with Crippen molar-refractivity contribution in [1.29, 1.82) is 0 Å². The molecule has 1 aliphatic heterocycles. The zero-order valence-electron chi connectivity index (χ0n) is 12.0. The largest absolute Gasteiger partial charge is 0.309 e. The third-order valence-corrected chi connectivity index (χ3v) is 4.79. The van der Waals surface area contributed by atoms with Crippen LogP contribution in [-0.4, -0.2) is 21.1 Å². The van der Waals surface area contributed by atoms with Crippen molar-refractivity contribution in [3.8, 4) is 0 Å². The van der Waals surface area contributed by atoms with Crippen LogP contribution in [-0.2, 0) is 19.5 Å². The zero-order chi connectivity index (χ0) is 13.9. The molecule has 0 fully saturated rings. The maximum absolute atomic E-state index is 4.65. The molecular formula is C16H21N3S. The predicted octanol–water partition coefficient (Wildman–Crippen LogP) is 3.10. The topological polar surface area (TPSA) is 29.9 Å². The first-order valence-corrected chi connectivity index (χ1v) is 8.09. The Labute approximate surface area is 124 Å². The van der Waals surface area contributed by atoms with Gasteiger partial charge in [0, 0.05) is 28.9 Å². The monoisotopic (exact) mass is 287 g/mol. The Bertz CT molecular complexity index is 552. The fraction of sp³-hybridized carbons (Fsp3) is 0.438. The highest BCUT2D eigenvalue weighted by molar-refractivity contribution is 8.00. The fourth-order valence-corrected chi connectivity index (χ4v) is 3.78. The summed E-state index contributed by atoms with van der Waals surface area (Å²) in [6, 6.07) is 11.3. The minimum absolute atomic E-state index is 0.500. The molecule has 1 aliphatic rings. The summed E-state index contributed by atoms with van der Waals surface area (Å²) in [6.07, 6.45) is 3.25. The second-order valence-electron chi connectivity index (χ2n) is 5.62. The Morgan fingerprint density at radius 1 is 1.35 bits per heavy atom. The van der Waals surface area contributed by atoms with E-state index in [-0.39, 0.29) is 0 Å². The number of hydrogen-bond acceptors (Lipinski definition) is 3. The smallest absolute Gasteiger partial charge is 0.0762 e. The SMILES string of the molecule is CC(C)NCc1ccn(CC2Cc3ccccc3S2)n1. The normalized spacial score (nSPS) is 17.6. The number of hydrogen-bond donors (Lipinski definition) is 1. The average molecular weight is 287 g/mol. The summed E-state index contributed by atoms with van der Waals surface area (Å²) >= 11 is 1.98. The molecule has 1 aromatic heterocycles. The van der Waals surface area contributed by atoms with Gasteiger partial charge in [-0.25, -0.2) is 0 Å². The summed E-state index contributed by atoms with van der Waals surface area (Å²) in [7, 11) is 0. The molecule has 0 radical (unpaired) electrons. The van der Waals surface area contributed by atoms with Gasteiger partial charge in [-0.15, -0.1) is 11.8 Å². The Morgan fingerprint density at radius 3 is 3.00 bits per heavy atom. The number of thioether (sulfide) groups is 1. The Morgan fingerprint density at radius 2 is 2.20 bits per heavy atom. The van der Waals surface area contributed by atoms with Gasteiger partial charge >= 0.3 is 0 Å². The van der Waals surface area contributed by atoms with E-state index in [4.69, 9.17) is 0 Å². The molecule has 0 saturated carbocycles. The van der Waals surface area contributed by atoms with Gasteiger partial charge in [0.1, 0.15) is 0 Å². The van der Waals surface area contributed by atoms with Crippen molar-refractivity contribution in [3.05, 3.63) is 47.8 Å². The van der Waals surface area contributed by atoms with Gasteiger partial charge in [-0.05, 0) is 24.1 Å². The summed E-state index contributed by atoms with van der Waals surface area (Å²) < 4.78 is 2.08. The first-order chi connectivity index (χ1) is 9.70. The van der Waals surface area contributed by atoms with Crippen LogP contribution < -0.4 is 5.32 Å². The van der Waals surface area contributed by atoms with Crippen LogP contribution in [0.2, 0.25) is 0 Å². The van der Waals surface area contributed by atoms with Gasteiger partial charge in [-0.2, -0.15) is 5.10 Å². The van der Waals surface area contributed by atoms with Crippen LogP contribution in [0.25, 0.3) is 0 Å². The van der Waals surface area contributed by atoms with E-state index in [0.29, 0.717) is 11.3 Å². The van der Waals surface area contributed by atoms with Crippen molar-refractivity contribution < 1.29 is 0 Å². The van der Waals surface area contributed by atoms with E-state index in [0.717, 1.165) is 25.2 Å². The van der Waals surface area contributed by atoms with Crippen LogP contribution >= 0.6 is 11.8 Å². The van der Waals surface area contributed by atoms with E-state index in [2.05, 4.69) is 65.5 Å². The van der Waals surface area contributed by atoms with E-state index in [1.165, 1.54) is 10.5 Å². The predicted molar refractivity (Wildman–Crippen MR) is 84.0 cm³/mol. The molecule has 0 saturated heterocycles. The lowest BCUT2D eigenvalue weighted by atomic mass is 10.1. The molecule has 1 aromatic carbocycles. The molecule has 1 unspecified atom stereocenters. The number of nitrogens with zero attached hydrogens (tertiary/aromatic N) is 2. The maximum Gasteiger partial charge on any atom is 0.0762 e. The first-order valence-electron chi connectivity index (χ1n) is 7.21. The van der Waals surface area contributed by atoms with Gasteiger partial charge in [0.25, 0.3) is 0 Å². The highest BCUT2D eigenvalue weighted by Crippen LogP contribution is 2.37. The van der Waals surface area contributed by atoms with E-state index in [1.807, 2.05) is 11.8 Å². The summed E-state index contributed by atoms with van der Waals surface area (Å²) in [5.41, 5.74) is 2.61. The number of benzene rings is 1. The molecular weight excluding hydrogens is 266 g/mol. The third kappa shape index (κ3) is 3.25. The molecule has 3 nitrogen and oxygen atoms in total. The van der Waals surface area contributed by atoms with Gasteiger partial charge < -0.3 is 5.32 Å². The molecule has 0 bridgehead atoms. The van der Waals surface area contributed by atoms with Gasteiger partial charge in [0.2, 0.25) is 0 Å². The van der Waals surface area contributed by atoms with Crippen molar-refractivity contribution in [2.45, 2.75) is 49.5 Å². The molecule has 4 heteroatoms. The second-order valence-corrected chi connectivity index (χ2v) is 6.96. The minimum Gasteiger partial charge on any atom is -0.309 e. The van der Waals surface area contributed by atoms with Crippen LogP contribution in [0.5, 0.6) is 0 Å². The van der Waals surface area contributed by atoms with E-state index in [1.54, 1.807) is 0 Å². The molecule has 106 valence electrons. The molecule has 20 heavy (non-hydrogen) atoms.